The summed E-state index contributed by atoms with van der Waals surface area (Å²) in [5.74, 6) is 0. The first kappa shape index (κ1) is 120. The lowest BCUT2D eigenvalue weighted by Crippen LogP contribution is -2.63. The second-order valence-corrected chi connectivity index (χ2v) is 143. The largest absolute Gasteiger partial charge is 0.505 e. The lowest BCUT2D eigenvalue weighted by Gasteiger charge is -2.45. The predicted molar refractivity (Wildman–Crippen MR) is 534 cm³/mol. The normalized spacial score (nSPS) is 16.0. The summed E-state index contributed by atoms with van der Waals surface area (Å²) in [6, 6.07) is 0.861. The molecule has 0 saturated carbocycles. The molecule has 0 saturated heterocycles. The second-order valence-electron chi connectivity index (χ2n) is 43.1. The van der Waals surface area contributed by atoms with Crippen molar-refractivity contribution < 1.29 is 122 Å². The van der Waals surface area contributed by atoms with Gasteiger partial charge in [-0.3, -0.25) is 0 Å². The van der Waals surface area contributed by atoms with E-state index in [9.17, 15) is 4.79 Å². The van der Waals surface area contributed by atoms with Gasteiger partial charge in [-0.1, -0.05) is 6.42 Å². The highest BCUT2D eigenvalue weighted by Crippen LogP contribution is 2.38. The van der Waals surface area contributed by atoms with E-state index in [1.807, 2.05) is 183 Å². The van der Waals surface area contributed by atoms with Crippen molar-refractivity contribution in [3.8, 4) is 0 Å². The summed E-state index contributed by atoms with van der Waals surface area (Å²) < 4.78 is 185. The molecule has 0 aromatic carbocycles. The third-order valence-corrected chi connectivity index (χ3v) is 119. The van der Waals surface area contributed by atoms with Crippen LogP contribution < -0.4 is 0 Å². The first-order valence-electron chi connectivity index (χ1n) is 40.9. The van der Waals surface area contributed by atoms with Crippen LogP contribution in [-0.4, -0.2) is 249 Å². The maximum atomic E-state index is 10.8. The van der Waals surface area contributed by atoms with Crippen LogP contribution in [0.3, 0.4) is 0 Å². The maximum Gasteiger partial charge on any atom is 0.505 e. The molecule has 0 rings (SSSR count). The van der Waals surface area contributed by atoms with Gasteiger partial charge in [-0.15, -0.1) is 0 Å². The fraction of sp³-hybridized carbons (Fsp3) is 0.983. The number of unbranched alkanes of at least 4 members (excludes halogenated alkanes) is 1. The van der Waals surface area contributed by atoms with E-state index in [1.165, 1.54) is 0 Å². The highest BCUT2D eigenvalue weighted by atomic mass is 28.6. The first-order valence-corrected chi connectivity index (χ1v) is 118. The van der Waals surface area contributed by atoms with Crippen molar-refractivity contribution in [3.63, 3.8) is 0 Å². The van der Waals surface area contributed by atoms with E-state index < -0.39 is 237 Å². The van der Waals surface area contributed by atoms with Gasteiger partial charge in [0, 0.05) is 0 Å². The Labute approximate surface area is 737 Å². The molecular formula is C60H174O29Si27. The molecule has 0 radical (unpaired) electrons. The van der Waals surface area contributed by atoms with Gasteiger partial charge in [-0.25, -0.2) is 4.79 Å². The molecule has 0 spiro atoms. The van der Waals surface area contributed by atoms with Crippen molar-refractivity contribution in [3.05, 3.63) is 0 Å². The van der Waals surface area contributed by atoms with Crippen LogP contribution in [0.4, 0.5) is 4.79 Å². The second kappa shape index (κ2) is 41.5. The quantitative estimate of drug-likeness (QED) is 0.0336. The van der Waals surface area contributed by atoms with Gasteiger partial charge in [0.25, 0.3) is 0 Å². The molecular weight excluding hydrogens is 1940 g/mol. The molecule has 0 aliphatic rings. The standard InChI is InChI=1S/C60H174O29Si27/c1-90(2,3)64-92(6,7)66-94(10,11)68-96(14,15)70-98(18,19)72-100(22,23)74-102(26,27)76-104(30,31)78-106(34,35)80-108(38,39)82-110(42,43)84-112(46,47)86-114(50,51)88-116(54,55)89-115(52,53)87-113(48,49)85-111(44,45)83-109(40,41)81-107(36,37)79-105(32,33)77-103(28,29)75-101(24,25)73-99(20,21)71-97(16,17)69-95(12,13)67-93(8,9)65-91(4,5)59-57-56-58-63-60(61)62/h56-59H2,1-55H3,(H,61,62). The number of ether oxygens (including phenoxy) is 1. The maximum absolute atomic E-state index is 10.8. The van der Waals surface area contributed by atoms with E-state index in [0.717, 1.165) is 12.5 Å². The van der Waals surface area contributed by atoms with Crippen molar-refractivity contribution in [2.75, 3.05) is 6.61 Å². The molecule has 0 atom stereocenters. The Morgan fingerprint density at radius 3 is 0.371 bits per heavy atom. The number of hydrogen-bond acceptors (Lipinski definition) is 28. The SMILES string of the molecule is C[Si](C)(C)O[Si](C)(C)O[Si](C)(C)O[Si](C)(C)O[Si](C)(C)O[Si](C)(C)O[Si](C)(C)O[Si](C)(C)O[Si](C)(C)O[Si](C)(C)O[Si](C)(C)O[Si](C)(C)O[Si](C)(C)O[Si](C)(C)O[Si](C)(C)O[Si](C)(C)O[Si](C)(C)O[Si](C)(C)O[Si](C)(C)O[Si](C)(C)O[Si](C)(C)O[Si](C)(C)O[Si](C)(C)O[Si](C)(C)O[Si](C)(C)O[Si](C)(C)O[Si](C)(C)CCCCOC(=O)O. The number of carbonyl (C=O) groups is 1. The van der Waals surface area contributed by atoms with Crippen LogP contribution in [0.15, 0.2) is 0 Å². The zero-order valence-corrected chi connectivity index (χ0v) is 111. The molecule has 116 heavy (non-hydrogen) atoms. The van der Waals surface area contributed by atoms with Crippen molar-refractivity contribution in [1.29, 1.82) is 0 Å². The van der Waals surface area contributed by atoms with Crippen LogP contribution >= 0.6 is 0 Å². The van der Waals surface area contributed by atoms with Crippen LogP contribution in [0.2, 0.25) is 366 Å². The van der Waals surface area contributed by atoms with E-state index in [0.29, 0.717) is 6.42 Å². The molecule has 1 N–H and O–H groups in total. The van der Waals surface area contributed by atoms with Crippen LogP contribution in [0.25, 0.3) is 0 Å². The highest BCUT2D eigenvalue weighted by molar-refractivity contribution is 6.98. The Morgan fingerprint density at radius 1 is 0.164 bits per heavy atom. The third-order valence-electron chi connectivity index (χ3n) is 14.3. The van der Waals surface area contributed by atoms with Gasteiger partial charge in [0.05, 0.1) is 6.61 Å². The Bertz CT molecular complexity index is 3060. The van der Waals surface area contributed by atoms with Crippen molar-refractivity contribution in [2.45, 2.75) is 379 Å². The Morgan fingerprint density at radius 2 is 0.267 bits per heavy atom. The van der Waals surface area contributed by atoms with E-state index in [2.05, 4.69) is 177 Å². The minimum absolute atomic E-state index is 0.178. The van der Waals surface area contributed by atoms with E-state index in [1.54, 1.807) is 0 Å². The molecule has 0 aromatic rings. The average Bonchev–Trinajstić information content (AvgIpc) is 0.801. The van der Waals surface area contributed by atoms with Crippen molar-refractivity contribution >= 4 is 237 Å². The average molecular weight is 2120 g/mol. The summed E-state index contributed by atoms with van der Waals surface area (Å²) in [5.41, 5.74) is 0. The molecule has 0 fully saturated rings. The lowest BCUT2D eigenvalue weighted by molar-refractivity contribution is 0.0903. The van der Waals surface area contributed by atoms with Gasteiger partial charge in [-0.2, -0.15) is 0 Å². The van der Waals surface area contributed by atoms with Gasteiger partial charge in [0.1, 0.15) is 0 Å². The van der Waals surface area contributed by atoms with Crippen LogP contribution in [0, 0.1) is 0 Å². The first-order chi connectivity index (χ1) is 49.8. The molecule has 0 aliphatic heterocycles. The number of hydrogen-bond donors (Lipinski definition) is 1. The molecule has 56 heteroatoms. The van der Waals surface area contributed by atoms with Crippen molar-refractivity contribution in [2.24, 2.45) is 0 Å². The summed E-state index contributed by atoms with van der Waals surface area (Å²) in [6.07, 6.45) is 0.211. The minimum Gasteiger partial charge on any atom is -0.450 e. The van der Waals surface area contributed by atoms with Gasteiger partial charge in [0.2, 0.25) is 0 Å². The highest BCUT2D eigenvalue weighted by Gasteiger charge is 2.57. The van der Waals surface area contributed by atoms with E-state index in [4.69, 9.17) is 117 Å². The van der Waals surface area contributed by atoms with Crippen LogP contribution in [0.1, 0.15) is 12.8 Å². The van der Waals surface area contributed by atoms with Gasteiger partial charge in [-0.05, 0) is 373 Å². The third kappa shape index (κ3) is 56.6. The fourth-order valence-corrected chi connectivity index (χ4v) is 157. The zero-order chi connectivity index (χ0) is 93.0. The molecule has 29 nitrogen and oxygen atoms in total. The number of carboxylic acid groups (broad SMARTS) is 1. The molecule has 696 valence electrons. The van der Waals surface area contributed by atoms with Gasteiger partial charge in [0.15, 0.2) is 16.6 Å². The molecule has 0 aliphatic carbocycles. The lowest BCUT2D eigenvalue weighted by atomic mass is 10.4. The van der Waals surface area contributed by atoms with Crippen LogP contribution in [0.5, 0.6) is 0 Å². The monoisotopic (exact) mass is 2110 g/mol. The molecule has 0 bridgehead atoms. The topological polar surface area (TPSA) is 287 Å². The van der Waals surface area contributed by atoms with Crippen molar-refractivity contribution in [1.82, 2.24) is 0 Å². The van der Waals surface area contributed by atoms with E-state index in [-0.39, 0.29) is 6.61 Å². The smallest absolute Gasteiger partial charge is 0.450 e. The molecule has 0 heterocycles. The van der Waals surface area contributed by atoms with Gasteiger partial charge < -0.3 is 117 Å². The summed E-state index contributed by atoms with van der Waals surface area (Å²) in [5, 5.41) is 8.83. The summed E-state index contributed by atoms with van der Waals surface area (Å²) in [6.45, 7) is 114. The summed E-state index contributed by atoms with van der Waals surface area (Å²) >= 11 is 0. The minimum atomic E-state index is -2.93. The summed E-state index contributed by atoms with van der Waals surface area (Å²) in [7, 11) is -75.1. The Kier molecular flexibility index (Phi) is 42.9. The Balaban J connectivity index is 5.92. The molecule has 0 unspecified atom stereocenters. The molecule has 0 amide bonds. The van der Waals surface area contributed by atoms with E-state index >= 15 is 0 Å². The summed E-state index contributed by atoms with van der Waals surface area (Å²) in [4.78, 5) is 10.8. The predicted octanol–water partition coefficient (Wildman–Crippen LogP) is 21.5. The van der Waals surface area contributed by atoms with Gasteiger partial charge >= 0.3 is 220 Å². The molecule has 0 aromatic heterocycles. The van der Waals surface area contributed by atoms with Crippen LogP contribution in [-0.2, 0) is 112 Å². The fourth-order valence-electron chi connectivity index (χ4n) is 17.0. The number of rotatable bonds is 57. The Hall–Kier alpha value is 4.09. The zero-order valence-electron chi connectivity index (χ0n) is 83.7.